The number of nitrogens with one attached hydrogen (secondary N) is 2. The first-order chi connectivity index (χ1) is 9.85. The number of hydrogen-bond donors (Lipinski definition) is 3. The molecule has 21 heavy (non-hydrogen) atoms. The molecule has 1 aromatic heterocycles. The fourth-order valence-electron chi connectivity index (χ4n) is 1.69. The molecule has 0 bridgehead atoms. The van der Waals surface area contributed by atoms with Crippen LogP contribution in [0.25, 0.3) is 11.1 Å². The maximum absolute atomic E-state index is 11.4. The molecule has 2 aromatic rings. The van der Waals surface area contributed by atoms with E-state index in [-0.39, 0.29) is 0 Å². The van der Waals surface area contributed by atoms with Gasteiger partial charge in [-0.2, -0.15) is 4.98 Å². The summed E-state index contributed by atoms with van der Waals surface area (Å²) in [5.41, 5.74) is 7.11. The third-order valence-electron chi connectivity index (χ3n) is 2.52. The Morgan fingerprint density at radius 1 is 1.38 bits per heavy atom. The fourth-order valence-corrected chi connectivity index (χ4v) is 1.69. The highest BCUT2D eigenvalue weighted by atomic mass is 16.6. The molecule has 0 saturated heterocycles. The number of nitrogens with two attached hydrogens (primary N) is 1. The van der Waals surface area contributed by atoms with Crippen LogP contribution in [0.2, 0.25) is 0 Å². The van der Waals surface area contributed by atoms with Gasteiger partial charge in [0.05, 0.1) is 5.69 Å². The van der Waals surface area contributed by atoms with Crippen LogP contribution in [0, 0.1) is 0 Å². The molecular formula is C14H20N4O3. The zero-order chi connectivity index (χ0) is 15.5. The van der Waals surface area contributed by atoms with Crippen LogP contribution < -0.4 is 16.4 Å². The number of carbonyl (C=O) groups is 1. The molecular weight excluding hydrogens is 272 g/mol. The molecule has 0 saturated carbocycles. The minimum absolute atomic E-state index is 0.369. The van der Waals surface area contributed by atoms with Crippen molar-refractivity contribution in [3.05, 3.63) is 18.2 Å². The number of aromatic nitrogens is 1. The summed E-state index contributed by atoms with van der Waals surface area (Å²) < 4.78 is 10.6. The lowest BCUT2D eigenvalue weighted by molar-refractivity contribution is 0.0530. The van der Waals surface area contributed by atoms with E-state index < -0.39 is 11.7 Å². The molecule has 7 heteroatoms. The zero-order valence-electron chi connectivity index (χ0n) is 12.4. The smallest absolute Gasteiger partial charge is 0.407 e. The SMILES string of the molecule is CC(C)(C)OC(=O)NCCNc1nc2c(N)cccc2o1. The number of anilines is 2. The summed E-state index contributed by atoms with van der Waals surface area (Å²) in [6, 6.07) is 5.73. The Bertz CT molecular complexity index is 631. The summed E-state index contributed by atoms with van der Waals surface area (Å²) in [6.45, 7) is 6.30. The van der Waals surface area contributed by atoms with Gasteiger partial charge in [0.15, 0.2) is 5.58 Å². The molecule has 2 rings (SSSR count). The predicted molar refractivity (Wildman–Crippen MR) is 81.1 cm³/mol. The van der Waals surface area contributed by atoms with Crippen molar-refractivity contribution in [2.24, 2.45) is 0 Å². The summed E-state index contributed by atoms with van der Waals surface area (Å²) >= 11 is 0. The molecule has 1 aromatic carbocycles. The van der Waals surface area contributed by atoms with Crippen molar-refractivity contribution in [3.8, 4) is 0 Å². The lowest BCUT2D eigenvalue weighted by Crippen LogP contribution is -2.35. The maximum Gasteiger partial charge on any atom is 0.407 e. The molecule has 0 spiro atoms. The van der Waals surface area contributed by atoms with Gasteiger partial charge in [-0.05, 0) is 32.9 Å². The molecule has 114 valence electrons. The molecule has 0 aliphatic rings. The average Bonchev–Trinajstić information content (AvgIpc) is 2.77. The summed E-state index contributed by atoms with van der Waals surface area (Å²) in [6.07, 6.45) is -0.453. The van der Waals surface area contributed by atoms with E-state index in [1.165, 1.54) is 0 Å². The second-order valence-electron chi connectivity index (χ2n) is 5.57. The number of oxazole rings is 1. The fraction of sp³-hybridized carbons (Fsp3) is 0.429. The summed E-state index contributed by atoms with van der Waals surface area (Å²) in [7, 11) is 0. The number of nitrogen functional groups attached to an aromatic ring is 1. The minimum atomic E-state index is -0.505. The molecule has 0 radical (unpaired) electrons. The van der Waals surface area contributed by atoms with Gasteiger partial charge in [-0.3, -0.25) is 0 Å². The van der Waals surface area contributed by atoms with E-state index in [9.17, 15) is 4.79 Å². The monoisotopic (exact) mass is 292 g/mol. The lowest BCUT2D eigenvalue weighted by Gasteiger charge is -2.19. The standard InChI is InChI=1S/C14H20N4O3/c1-14(2,3)21-13(19)17-8-7-16-12-18-11-9(15)5-4-6-10(11)20-12/h4-6H,7-8,15H2,1-3H3,(H,16,18)(H,17,19). The van der Waals surface area contributed by atoms with Crippen LogP contribution in [0.5, 0.6) is 0 Å². The second kappa shape index (κ2) is 5.90. The van der Waals surface area contributed by atoms with Crippen molar-refractivity contribution in [1.82, 2.24) is 10.3 Å². The number of hydrogen-bond acceptors (Lipinski definition) is 6. The highest BCUT2D eigenvalue weighted by molar-refractivity contribution is 5.86. The quantitative estimate of drug-likeness (QED) is 0.590. The Hall–Kier alpha value is -2.44. The van der Waals surface area contributed by atoms with Crippen molar-refractivity contribution < 1.29 is 13.9 Å². The van der Waals surface area contributed by atoms with Gasteiger partial charge in [0.1, 0.15) is 11.1 Å². The number of para-hydroxylation sites is 1. The third-order valence-corrected chi connectivity index (χ3v) is 2.52. The normalized spacial score (nSPS) is 11.4. The topological polar surface area (TPSA) is 102 Å². The van der Waals surface area contributed by atoms with Crippen LogP contribution in [-0.4, -0.2) is 29.8 Å². The number of amides is 1. The lowest BCUT2D eigenvalue weighted by atomic mass is 10.2. The van der Waals surface area contributed by atoms with Crippen LogP contribution in [0.1, 0.15) is 20.8 Å². The van der Waals surface area contributed by atoms with Crippen LogP contribution >= 0.6 is 0 Å². The van der Waals surface area contributed by atoms with Gasteiger partial charge in [-0.15, -0.1) is 0 Å². The highest BCUT2D eigenvalue weighted by Gasteiger charge is 2.15. The first-order valence-electron chi connectivity index (χ1n) is 6.71. The van der Waals surface area contributed by atoms with Crippen molar-refractivity contribution in [1.29, 1.82) is 0 Å². The Morgan fingerprint density at radius 3 is 2.81 bits per heavy atom. The Morgan fingerprint density at radius 2 is 2.14 bits per heavy atom. The summed E-state index contributed by atoms with van der Waals surface area (Å²) in [5.74, 6) is 0. The van der Waals surface area contributed by atoms with Gasteiger partial charge >= 0.3 is 6.09 Å². The van der Waals surface area contributed by atoms with Crippen molar-refractivity contribution in [3.63, 3.8) is 0 Å². The zero-order valence-corrected chi connectivity index (χ0v) is 12.4. The van der Waals surface area contributed by atoms with Crippen molar-refractivity contribution in [2.45, 2.75) is 26.4 Å². The van der Waals surface area contributed by atoms with Gasteiger partial charge in [-0.25, -0.2) is 4.79 Å². The number of fused-ring (bicyclic) bond motifs is 1. The molecule has 1 amide bonds. The number of rotatable bonds is 4. The number of nitrogens with zero attached hydrogens (tertiary/aromatic N) is 1. The van der Waals surface area contributed by atoms with E-state index >= 15 is 0 Å². The molecule has 7 nitrogen and oxygen atoms in total. The van der Waals surface area contributed by atoms with Crippen molar-refractivity contribution in [2.75, 3.05) is 24.1 Å². The van der Waals surface area contributed by atoms with E-state index in [0.717, 1.165) is 0 Å². The summed E-state index contributed by atoms with van der Waals surface area (Å²) in [4.78, 5) is 15.7. The minimum Gasteiger partial charge on any atom is -0.444 e. The first kappa shape index (κ1) is 15.0. The van der Waals surface area contributed by atoms with E-state index in [2.05, 4.69) is 15.6 Å². The Kier molecular flexibility index (Phi) is 4.21. The number of ether oxygens (including phenoxy) is 1. The molecule has 4 N–H and O–H groups in total. The number of benzene rings is 1. The summed E-state index contributed by atoms with van der Waals surface area (Å²) in [5, 5.41) is 5.61. The number of alkyl carbamates (subject to hydrolysis) is 1. The van der Waals surface area contributed by atoms with Crippen LogP contribution in [-0.2, 0) is 4.74 Å². The number of carbonyl (C=O) groups excluding carboxylic acids is 1. The molecule has 0 unspecified atom stereocenters. The molecule has 0 fully saturated rings. The maximum atomic E-state index is 11.4. The highest BCUT2D eigenvalue weighted by Crippen LogP contribution is 2.23. The van der Waals surface area contributed by atoms with E-state index in [1.54, 1.807) is 18.2 Å². The molecule has 1 heterocycles. The van der Waals surface area contributed by atoms with Crippen LogP contribution in [0.4, 0.5) is 16.5 Å². The molecule has 0 aliphatic carbocycles. The average molecular weight is 292 g/mol. The van der Waals surface area contributed by atoms with Gasteiger partial charge in [0.2, 0.25) is 0 Å². The predicted octanol–water partition coefficient (Wildman–Crippen LogP) is 2.35. The van der Waals surface area contributed by atoms with E-state index in [1.807, 2.05) is 20.8 Å². The van der Waals surface area contributed by atoms with Crippen LogP contribution in [0.15, 0.2) is 22.6 Å². The first-order valence-corrected chi connectivity index (χ1v) is 6.71. The van der Waals surface area contributed by atoms with E-state index in [4.69, 9.17) is 14.9 Å². The van der Waals surface area contributed by atoms with Gasteiger partial charge < -0.3 is 25.5 Å². The van der Waals surface area contributed by atoms with Gasteiger partial charge in [0.25, 0.3) is 6.01 Å². The second-order valence-corrected chi connectivity index (χ2v) is 5.57. The van der Waals surface area contributed by atoms with Gasteiger partial charge in [-0.1, -0.05) is 6.07 Å². The van der Waals surface area contributed by atoms with Crippen molar-refractivity contribution >= 4 is 28.9 Å². The Labute approximate surface area is 122 Å². The molecule has 0 aliphatic heterocycles. The third kappa shape index (κ3) is 4.27. The Balaban J connectivity index is 1.80. The van der Waals surface area contributed by atoms with E-state index in [0.29, 0.717) is 35.9 Å². The van der Waals surface area contributed by atoms with Crippen LogP contribution in [0.3, 0.4) is 0 Å². The molecule has 0 atom stereocenters. The van der Waals surface area contributed by atoms with Gasteiger partial charge in [0, 0.05) is 13.1 Å². The largest absolute Gasteiger partial charge is 0.444 e.